The topological polar surface area (TPSA) is 54.2 Å². The van der Waals surface area contributed by atoms with E-state index in [-0.39, 0.29) is 6.10 Å². The zero-order chi connectivity index (χ0) is 12.7. The van der Waals surface area contributed by atoms with E-state index >= 15 is 0 Å². The van der Waals surface area contributed by atoms with Gasteiger partial charge < -0.3 is 14.6 Å². The van der Waals surface area contributed by atoms with Crippen molar-refractivity contribution in [3.63, 3.8) is 0 Å². The van der Waals surface area contributed by atoms with Gasteiger partial charge in [0.1, 0.15) is 10.7 Å². The number of piperidine rings is 1. The van der Waals surface area contributed by atoms with Gasteiger partial charge in [-0.1, -0.05) is 11.6 Å². The van der Waals surface area contributed by atoms with Gasteiger partial charge in [-0.25, -0.2) is 9.97 Å². The second-order valence-electron chi connectivity index (χ2n) is 4.73. The van der Waals surface area contributed by atoms with E-state index in [1.165, 1.54) is 0 Å². The van der Waals surface area contributed by atoms with Crippen LogP contribution in [-0.4, -0.2) is 38.8 Å². The fraction of sp³-hybridized carbons (Fsp3) is 0.500. The van der Waals surface area contributed by atoms with E-state index in [9.17, 15) is 5.11 Å². The summed E-state index contributed by atoms with van der Waals surface area (Å²) in [5, 5.41) is 10.2. The van der Waals surface area contributed by atoms with Crippen LogP contribution in [0.15, 0.2) is 12.4 Å². The maximum atomic E-state index is 9.76. The fourth-order valence-corrected chi connectivity index (χ4v) is 2.63. The summed E-state index contributed by atoms with van der Waals surface area (Å²) in [6, 6.07) is 1.81. The molecule has 1 fully saturated rings. The highest BCUT2D eigenvalue weighted by molar-refractivity contribution is 6.30. The van der Waals surface area contributed by atoms with Crippen molar-refractivity contribution in [1.82, 2.24) is 14.5 Å². The third-order valence-electron chi connectivity index (χ3n) is 3.36. The zero-order valence-corrected chi connectivity index (χ0v) is 10.9. The third-order valence-corrected chi connectivity index (χ3v) is 3.55. The molecule has 3 rings (SSSR count). The van der Waals surface area contributed by atoms with Gasteiger partial charge in [0.15, 0.2) is 5.82 Å². The van der Waals surface area contributed by atoms with Crippen LogP contribution in [0.4, 0.5) is 5.82 Å². The average Bonchev–Trinajstić information content (AvgIpc) is 2.70. The van der Waals surface area contributed by atoms with Crippen LogP contribution in [0.3, 0.4) is 0 Å². The second kappa shape index (κ2) is 4.40. The molecule has 3 heterocycles. The van der Waals surface area contributed by atoms with Crippen molar-refractivity contribution in [2.45, 2.75) is 18.9 Å². The number of aliphatic hydroxyl groups excluding tert-OH is 1. The molecule has 1 saturated heterocycles. The second-order valence-corrected chi connectivity index (χ2v) is 5.12. The Morgan fingerprint density at radius 3 is 3.11 bits per heavy atom. The van der Waals surface area contributed by atoms with E-state index in [0.29, 0.717) is 11.7 Å². The number of hydrogen-bond acceptors (Lipinski definition) is 4. The lowest BCUT2D eigenvalue weighted by molar-refractivity contribution is 0.154. The number of halogens is 1. The van der Waals surface area contributed by atoms with Crippen molar-refractivity contribution in [2.75, 3.05) is 18.0 Å². The Balaban J connectivity index is 2.10. The Morgan fingerprint density at radius 1 is 1.50 bits per heavy atom. The lowest BCUT2D eigenvalue weighted by Gasteiger charge is -2.31. The number of rotatable bonds is 1. The van der Waals surface area contributed by atoms with Crippen LogP contribution in [0.2, 0.25) is 5.15 Å². The van der Waals surface area contributed by atoms with Crippen LogP contribution in [0, 0.1) is 0 Å². The Kier molecular flexibility index (Phi) is 2.87. The van der Waals surface area contributed by atoms with E-state index in [1.807, 2.05) is 17.7 Å². The Morgan fingerprint density at radius 2 is 2.33 bits per heavy atom. The van der Waals surface area contributed by atoms with Gasteiger partial charge in [-0.2, -0.15) is 0 Å². The van der Waals surface area contributed by atoms with Gasteiger partial charge in [0.05, 0.1) is 17.9 Å². The quantitative estimate of drug-likeness (QED) is 0.797. The number of nitrogens with zero attached hydrogens (tertiary/aromatic N) is 4. The van der Waals surface area contributed by atoms with Crippen molar-refractivity contribution in [3.8, 4) is 0 Å². The number of β-amino-alcohol motifs (C(OH)–C–C–N with tert-alkyl or cyclic N) is 1. The Labute approximate surface area is 110 Å². The highest BCUT2D eigenvalue weighted by Gasteiger charge is 2.22. The number of anilines is 1. The van der Waals surface area contributed by atoms with Gasteiger partial charge in [0.25, 0.3) is 0 Å². The zero-order valence-electron chi connectivity index (χ0n) is 10.2. The molecule has 1 aliphatic heterocycles. The predicted molar refractivity (Wildman–Crippen MR) is 71.0 cm³/mol. The highest BCUT2D eigenvalue weighted by atomic mass is 35.5. The molecule has 1 N–H and O–H groups in total. The maximum absolute atomic E-state index is 9.76. The lowest BCUT2D eigenvalue weighted by atomic mass is 10.1. The van der Waals surface area contributed by atoms with E-state index in [4.69, 9.17) is 11.6 Å². The Hall–Kier alpha value is -1.33. The molecule has 1 aliphatic rings. The number of aryl methyl sites for hydroxylation is 1. The lowest BCUT2D eigenvalue weighted by Crippen LogP contribution is -2.38. The summed E-state index contributed by atoms with van der Waals surface area (Å²) in [6.45, 7) is 1.48. The molecule has 0 radical (unpaired) electrons. The molecular weight excluding hydrogens is 252 g/mol. The maximum Gasteiger partial charge on any atom is 0.158 e. The SMILES string of the molecule is Cn1cnc2c(N3CCC[C@H](O)C3)nc(Cl)cc21. The van der Waals surface area contributed by atoms with Crippen LogP contribution < -0.4 is 4.90 Å². The molecule has 96 valence electrons. The van der Waals surface area contributed by atoms with Crippen LogP contribution in [0.25, 0.3) is 11.0 Å². The molecule has 0 aliphatic carbocycles. The largest absolute Gasteiger partial charge is 0.391 e. The predicted octanol–water partition coefficient (Wildman–Crippen LogP) is 1.58. The summed E-state index contributed by atoms with van der Waals surface area (Å²) < 4.78 is 1.92. The highest BCUT2D eigenvalue weighted by Crippen LogP contribution is 2.28. The smallest absolute Gasteiger partial charge is 0.158 e. The first-order valence-electron chi connectivity index (χ1n) is 6.06. The standard InChI is InChI=1S/C12H15ClN4O/c1-16-7-14-11-9(16)5-10(13)15-12(11)17-4-2-3-8(18)6-17/h5,7-8,18H,2-4,6H2,1H3/t8-/m0/s1. The minimum absolute atomic E-state index is 0.293. The molecule has 0 spiro atoms. The summed E-state index contributed by atoms with van der Waals surface area (Å²) in [7, 11) is 1.93. The van der Waals surface area contributed by atoms with Crippen molar-refractivity contribution >= 4 is 28.5 Å². The van der Waals surface area contributed by atoms with Gasteiger partial charge in [-0.05, 0) is 12.8 Å². The van der Waals surface area contributed by atoms with Crippen LogP contribution in [0.1, 0.15) is 12.8 Å². The minimum atomic E-state index is -0.293. The van der Waals surface area contributed by atoms with Crippen LogP contribution in [0.5, 0.6) is 0 Å². The van der Waals surface area contributed by atoms with E-state index in [1.54, 1.807) is 6.33 Å². The molecule has 2 aromatic heterocycles. The normalized spacial score (nSPS) is 20.6. The van der Waals surface area contributed by atoms with Gasteiger partial charge in [0, 0.05) is 26.2 Å². The summed E-state index contributed by atoms with van der Waals surface area (Å²) in [5.41, 5.74) is 1.81. The first-order chi connectivity index (χ1) is 8.65. The molecule has 0 saturated carbocycles. The number of imidazole rings is 1. The van der Waals surface area contributed by atoms with E-state index in [2.05, 4.69) is 14.9 Å². The number of hydrogen-bond donors (Lipinski definition) is 1. The van der Waals surface area contributed by atoms with Crippen molar-refractivity contribution in [1.29, 1.82) is 0 Å². The van der Waals surface area contributed by atoms with Crippen molar-refractivity contribution < 1.29 is 5.11 Å². The van der Waals surface area contributed by atoms with Gasteiger partial charge in [-0.15, -0.1) is 0 Å². The molecule has 2 aromatic rings. The minimum Gasteiger partial charge on any atom is -0.391 e. The van der Waals surface area contributed by atoms with E-state index < -0.39 is 0 Å². The molecule has 6 heteroatoms. The molecule has 0 amide bonds. The molecule has 5 nitrogen and oxygen atoms in total. The van der Waals surface area contributed by atoms with Gasteiger partial charge in [0.2, 0.25) is 0 Å². The first kappa shape index (κ1) is 11.7. The molecule has 18 heavy (non-hydrogen) atoms. The van der Waals surface area contributed by atoms with Gasteiger partial charge in [-0.3, -0.25) is 0 Å². The summed E-state index contributed by atoms with van der Waals surface area (Å²) in [5.74, 6) is 0.775. The summed E-state index contributed by atoms with van der Waals surface area (Å²) in [6.07, 6.45) is 3.27. The third kappa shape index (κ3) is 1.93. The van der Waals surface area contributed by atoms with E-state index in [0.717, 1.165) is 36.2 Å². The summed E-state index contributed by atoms with van der Waals surface area (Å²) in [4.78, 5) is 10.8. The number of aromatic nitrogens is 3. The molecule has 1 atom stereocenters. The monoisotopic (exact) mass is 266 g/mol. The summed E-state index contributed by atoms with van der Waals surface area (Å²) >= 11 is 6.07. The van der Waals surface area contributed by atoms with Crippen LogP contribution in [-0.2, 0) is 7.05 Å². The number of pyridine rings is 1. The molecule has 0 aromatic carbocycles. The number of aliphatic hydroxyl groups is 1. The molecule has 0 unspecified atom stereocenters. The van der Waals surface area contributed by atoms with Crippen molar-refractivity contribution in [3.05, 3.63) is 17.5 Å². The van der Waals surface area contributed by atoms with Gasteiger partial charge >= 0.3 is 0 Å². The fourth-order valence-electron chi connectivity index (χ4n) is 2.45. The van der Waals surface area contributed by atoms with Crippen molar-refractivity contribution in [2.24, 2.45) is 7.05 Å². The Bertz CT molecular complexity index is 583. The van der Waals surface area contributed by atoms with Crippen LogP contribution >= 0.6 is 11.6 Å². The molecular formula is C12H15ClN4O. The average molecular weight is 267 g/mol. The molecule has 0 bridgehead atoms. The first-order valence-corrected chi connectivity index (χ1v) is 6.43. The number of fused-ring (bicyclic) bond motifs is 1.